The maximum Gasteiger partial charge on any atom is 0.239 e. The molecule has 9 aromatic rings. The summed E-state index contributed by atoms with van der Waals surface area (Å²) in [6, 6.07) is 27.9. The molecule has 0 spiro atoms. The molecule has 0 fully saturated rings. The summed E-state index contributed by atoms with van der Waals surface area (Å²) in [5.74, 6) is 1.51. The van der Waals surface area contributed by atoms with E-state index in [0.717, 1.165) is 22.8 Å². The Hall–Kier alpha value is -9.15. The number of aromatic nitrogens is 15. The van der Waals surface area contributed by atoms with Crippen LogP contribution in [0.1, 0.15) is 56.8 Å². The number of hydrogen-bond donors (Lipinski definition) is 3. The number of amidine groups is 1. The van der Waals surface area contributed by atoms with Gasteiger partial charge < -0.3 is 16.7 Å². The van der Waals surface area contributed by atoms with E-state index in [4.69, 9.17) is 27.2 Å². The van der Waals surface area contributed by atoms with Crippen LogP contribution in [0.2, 0.25) is 0 Å². The highest BCUT2D eigenvalue weighted by Crippen LogP contribution is 2.12. The lowest BCUT2D eigenvalue weighted by Crippen LogP contribution is -2.15. The molecule has 0 saturated carbocycles. The number of halogens is 1. The van der Waals surface area contributed by atoms with E-state index in [1.165, 1.54) is 41.5 Å². The van der Waals surface area contributed by atoms with Gasteiger partial charge in [-0.2, -0.15) is 20.7 Å². The molecule has 6 aromatic heterocycles. The van der Waals surface area contributed by atoms with Crippen molar-refractivity contribution < 1.29 is 5.21 Å². The van der Waals surface area contributed by atoms with Gasteiger partial charge in [0.2, 0.25) is 5.95 Å². The third kappa shape index (κ3) is 13.7. The summed E-state index contributed by atoms with van der Waals surface area (Å²) in [5, 5.41) is 41.3. The molecular formula is C44H39BrN20O. The molecule has 22 heteroatoms. The Kier molecular flexibility index (Phi) is 16.0. The van der Waals surface area contributed by atoms with E-state index in [9.17, 15) is 0 Å². The molecule has 66 heavy (non-hydrogen) atoms. The summed E-state index contributed by atoms with van der Waals surface area (Å²) in [7, 11) is 0. The zero-order valence-electron chi connectivity index (χ0n) is 35.6. The molecular weight excluding hydrogens is 905 g/mol. The molecule has 328 valence electrons. The maximum absolute atomic E-state index is 8.69. The Balaban J connectivity index is 0.000000154. The highest BCUT2D eigenvalue weighted by atomic mass is 79.9. The van der Waals surface area contributed by atoms with Gasteiger partial charge >= 0.3 is 0 Å². The predicted molar refractivity (Wildman–Crippen MR) is 244 cm³/mol. The zero-order valence-corrected chi connectivity index (χ0v) is 37.2. The fourth-order valence-electron chi connectivity index (χ4n) is 5.33. The summed E-state index contributed by atoms with van der Waals surface area (Å²) in [6.45, 7) is 6.12. The maximum atomic E-state index is 8.69. The Labute approximate surface area is 386 Å². The number of benzene rings is 3. The van der Waals surface area contributed by atoms with Crippen LogP contribution in [-0.2, 0) is 12.8 Å². The standard InChI is InChI=1S/C15H15N7O.C15H12N6.C9H10N4.C5H2BrN3/c1-10-2-4-12(5-3-10)22-9-19-14(20-22)6-11-7-18-13(8-17-11)15(16)21-23;1-11-2-4-14(5-3-11)21-10-19-15(20-21)6-12-8-18-13(7-16)9-17-12;1-7-2-4-8(5-3-7)13-6-11-9(10)12-13;6-5-3-8-4(1-7)2-9-5/h2-5,7-9,23H,6H2,1H3,(H2,16,21);2-5,8-10H,6H2,1H3;2-6H,1H3,(H2,10,12);2-3H. The van der Waals surface area contributed by atoms with Gasteiger partial charge in [-0.05, 0) is 73.1 Å². The van der Waals surface area contributed by atoms with Crippen molar-refractivity contribution in [3.63, 3.8) is 0 Å². The van der Waals surface area contributed by atoms with Gasteiger partial charge in [-0.25, -0.2) is 48.9 Å². The van der Waals surface area contributed by atoms with Gasteiger partial charge in [0.05, 0.1) is 72.3 Å². The first kappa shape index (κ1) is 46.4. The third-order valence-electron chi connectivity index (χ3n) is 8.79. The SMILES string of the molecule is Cc1ccc(-n2cnc(Cc3cnc(/C(N)=N/O)cn3)n2)cc1.Cc1ccc(-n2cnc(Cc3cnc(C#N)cn3)n2)cc1.Cc1ccc(-n2cnc(N)n2)cc1.N#Cc1cnc(Br)cn1. The lowest BCUT2D eigenvalue weighted by molar-refractivity contribution is 0.318. The smallest absolute Gasteiger partial charge is 0.239 e. The van der Waals surface area contributed by atoms with Crippen LogP contribution in [0.5, 0.6) is 0 Å². The molecule has 0 unspecified atom stereocenters. The monoisotopic (exact) mass is 942 g/mol. The summed E-state index contributed by atoms with van der Waals surface area (Å²) in [4.78, 5) is 36.3. The van der Waals surface area contributed by atoms with Gasteiger partial charge in [0.15, 0.2) is 28.9 Å². The first-order valence-corrected chi connectivity index (χ1v) is 20.3. The number of nitrogen functional groups attached to an aromatic ring is 1. The predicted octanol–water partition coefficient (Wildman–Crippen LogP) is 5.15. The first-order chi connectivity index (χ1) is 32.0. The molecule has 0 aliphatic heterocycles. The normalized spacial score (nSPS) is 10.5. The van der Waals surface area contributed by atoms with Crippen LogP contribution in [0.25, 0.3) is 17.1 Å². The molecule has 5 N–H and O–H groups in total. The molecule has 0 atom stereocenters. The van der Waals surface area contributed by atoms with Crippen LogP contribution in [0.15, 0.2) is 139 Å². The van der Waals surface area contributed by atoms with E-state index in [-0.39, 0.29) is 5.84 Å². The number of anilines is 1. The van der Waals surface area contributed by atoms with Gasteiger partial charge in [0.25, 0.3) is 0 Å². The van der Waals surface area contributed by atoms with Crippen molar-refractivity contribution in [2.45, 2.75) is 33.6 Å². The van der Waals surface area contributed by atoms with Crippen LogP contribution >= 0.6 is 15.9 Å². The van der Waals surface area contributed by atoms with Crippen molar-refractivity contribution >= 4 is 27.7 Å². The fraction of sp³-hybridized carbons (Fsp3) is 0.114. The zero-order chi connectivity index (χ0) is 46.8. The average Bonchev–Trinajstić information content (AvgIpc) is 4.13. The van der Waals surface area contributed by atoms with Crippen LogP contribution in [0, 0.1) is 43.4 Å². The number of oxime groups is 1. The van der Waals surface area contributed by atoms with Gasteiger partial charge in [-0.15, -0.1) is 5.10 Å². The molecule has 6 heterocycles. The van der Waals surface area contributed by atoms with Crippen LogP contribution in [-0.4, -0.2) is 85.2 Å². The van der Waals surface area contributed by atoms with E-state index in [2.05, 4.69) is 81.2 Å². The fourth-order valence-corrected chi connectivity index (χ4v) is 5.53. The lowest BCUT2D eigenvalue weighted by Gasteiger charge is -2.01. The first-order valence-electron chi connectivity index (χ1n) is 19.6. The number of nitrogens with zero attached hydrogens (tertiary/aromatic N) is 18. The van der Waals surface area contributed by atoms with Crippen LogP contribution in [0.3, 0.4) is 0 Å². The van der Waals surface area contributed by atoms with E-state index in [1.54, 1.807) is 45.4 Å². The van der Waals surface area contributed by atoms with Gasteiger partial charge in [0, 0.05) is 6.20 Å². The van der Waals surface area contributed by atoms with Crippen molar-refractivity contribution in [1.82, 2.24) is 74.2 Å². The minimum absolute atomic E-state index is 0.0779. The molecule has 0 bridgehead atoms. The summed E-state index contributed by atoms with van der Waals surface area (Å²) < 4.78 is 5.73. The molecule has 0 aliphatic rings. The van der Waals surface area contributed by atoms with E-state index < -0.39 is 0 Å². The Morgan fingerprint density at radius 2 is 0.985 bits per heavy atom. The second-order valence-corrected chi connectivity index (χ2v) is 14.6. The molecule has 9 rings (SSSR count). The molecule has 3 aromatic carbocycles. The van der Waals surface area contributed by atoms with E-state index >= 15 is 0 Å². The van der Waals surface area contributed by atoms with Gasteiger partial charge in [-0.1, -0.05) is 58.2 Å². The van der Waals surface area contributed by atoms with E-state index in [1.807, 2.05) is 106 Å². The van der Waals surface area contributed by atoms with Crippen molar-refractivity contribution in [3.05, 3.63) is 190 Å². The lowest BCUT2D eigenvalue weighted by atomic mass is 10.2. The highest BCUT2D eigenvalue weighted by Gasteiger charge is 2.09. The number of rotatable bonds is 8. The highest BCUT2D eigenvalue weighted by molar-refractivity contribution is 9.10. The number of nitriles is 2. The van der Waals surface area contributed by atoms with Crippen molar-refractivity contribution in [1.29, 1.82) is 10.5 Å². The largest absolute Gasteiger partial charge is 0.409 e. The second-order valence-electron chi connectivity index (χ2n) is 13.8. The number of hydrogen-bond acceptors (Lipinski definition) is 17. The van der Waals surface area contributed by atoms with Crippen molar-refractivity contribution in [2.75, 3.05) is 5.73 Å². The molecule has 0 aliphatic carbocycles. The Morgan fingerprint density at radius 3 is 1.35 bits per heavy atom. The van der Waals surface area contributed by atoms with Gasteiger partial charge in [-0.3, -0.25) is 9.97 Å². The number of nitrogens with two attached hydrogens (primary N) is 2. The summed E-state index contributed by atoms with van der Waals surface area (Å²) in [5.41, 5.74) is 19.7. The average molecular weight is 944 g/mol. The van der Waals surface area contributed by atoms with Crippen LogP contribution in [0.4, 0.5) is 5.95 Å². The Morgan fingerprint density at radius 1 is 0.561 bits per heavy atom. The summed E-state index contributed by atoms with van der Waals surface area (Å²) in [6.07, 6.45) is 14.8. The van der Waals surface area contributed by atoms with Gasteiger partial charge in [0.1, 0.15) is 41.4 Å². The second kappa shape index (κ2) is 22.8. The number of aryl methyl sites for hydroxylation is 3. The molecule has 0 radical (unpaired) electrons. The molecule has 0 amide bonds. The van der Waals surface area contributed by atoms with E-state index in [0.29, 0.717) is 57.8 Å². The topological polar surface area (TPSA) is 302 Å². The molecule has 21 nitrogen and oxygen atoms in total. The van der Waals surface area contributed by atoms with Crippen molar-refractivity contribution in [2.24, 2.45) is 10.9 Å². The minimum Gasteiger partial charge on any atom is -0.409 e. The minimum atomic E-state index is -0.0779. The quantitative estimate of drug-likeness (QED) is 0.0768. The molecule has 0 saturated heterocycles. The summed E-state index contributed by atoms with van der Waals surface area (Å²) >= 11 is 3.09. The van der Waals surface area contributed by atoms with Crippen LogP contribution < -0.4 is 11.5 Å². The Bertz CT molecular complexity index is 3040. The third-order valence-corrected chi connectivity index (χ3v) is 9.20. The van der Waals surface area contributed by atoms with Crippen molar-refractivity contribution in [3.8, 4) is 29.2 Å².